The Morgan fingerprint density at radius 1 is 1.24 bits per heavy atom. The molecule has 6 atom stereocenters. The molecule has 0 spiro atoms. The van der Waals surface area contributed by atoms with Gasteiger partial charge in [0.05, 0.1) is 11.4 Å². The second kappa shape index (κ2) is 5.81. The highest BCUT2D eigenvalue weighted by Crippen LogP contribution is 2.34. The molecule has 100 valence electrons. The third kappa shape index (κ3) is 2.74. The van der Waals surface area contributed by atoms with Crippen LogP contribution in [0.3, 0.4) is 0 Å². The number of hydrogen-bond acceptors (Lipinski definition) is 3. The number of hydrogen-bond donors (Lipinski definition) is 1. The quantitative estimate of drug-likeness (QED) is 0.835. The second-order valence-corrected chi connectivity index (χ2v) is 7.24. The van der Waals surface area contributed by atoms with Crippen LogP contribution in [0.2, 0.25) is 0 Å². The molecule has 2 aliphatic rings. The maximum Gasteiger partial charge on any atom is 0.0691 e. The molecule has 0 aromatic rings. The van der Waals surface area contributed by atoms with Crippen LogP contribution < -0.4 is 5.32 Å². The highest BCUT2D eigenvalue weighted by molar-refractivity contribution is 7.86. The first-order chi connectivity index (χ1) is 8.15. The van der Waals surface area contributed by atoms with E-state index in [0.717, 1.165) is 26.0 Å². The van der Waals surface area contributed by atoms with Crippen molar-refractivity contribution >= 4 is 10.8 Å². The van der Waals surface area contributed by atoms with Gasteiger partial charge in [-0.3, -0.25) is 4.21 Å². The molecule has 1 saturated carbocycles. The topological polar surface area (TPSA) is 38.3 Å². The lowest BCUT2D eigenvalue weighted by atomic mass is 10.1. The molecule has 1 N–H and O–H groups in total. The highest BCUT2D eigenvalue weighted by Gasteiger charge is 2.41. The lowest BCUT2D eigenvalue weighted by Crippen LogP contribution is -2.38. The molecule has 4 heteroatoms. The van der Waals surface area contributed by atoms with Crippen LogP contribution in [0.5, 0.6) is 0 Å². The highest BCUT2D eigenvalue weighted by atomic mass is 32.2. The molecule has 0 bridgehead atoms. The standard InChI is InChI=1S/C13H25NO2S/c1-4-14-11-5-6-12(9(11)2)17(15)13-7-8-16-10(13)3/h9-14H,4-8H2,1-3H3. The second-order valence-electron chi connectivity index (χ2n) is 5.37. The van der Waals surface area contributed by atoms with E-state index in [-0.39, 0.29) is 11.4 Å². The Kier molecular flexibility index (Phi) is 4.61. The van der Waals surface area contributed by atoms with Gasteiger partial charge < -0.3 is 10.1 Å². The molecule has 0 radical (unpaired) electrons. The Labute approximate surface area is 107 Å². The van der Waals surface area contributed by atoms with E-state index in [9.17, 15) is 4.21 Å². The predicted molar refractivity (Wildman–Crippen MR) is 71.6 cm³/mol. The molecular weight excluding hydrogens is 234 g/mol. The fraction of sp³-hybridized carbons (Fsp3) is 1.00. The zero-order valence-corrected chi connectivity index (χ0v) is 12.0. The summed E-state index contributed by atoms with van der Waals surface area (Å²) in [6, 6.07) is 0.562. The van der Waals surface area contributed by atoms with Crippen molar-refractivity contribution in [1.29, 1.82) is 0 Å². The van der Waals surface area contributed by atoms with Gasteiger partial charge in [-0.1, -0.05) is 13.8 Å². The van der Waals surface area contributed by atoms with Gasteiger partial charge in [-0.25, -0.2) is 0 Å². The summed E-state index contributed by atoms with van der Waals surface area (Å²) in [6.07, 6.45) is 3.44. The van der Waals surface area contributed by atoms with Crippen LogP contribution in [0.25, 0.3) is 0 Å². The molecule has 17 heavy (non-hydrogen) atoms. The van der Waals surface area contributed by atoms with Crippen molar-refractivity contribution in [2.45, 2.75) is 62.7 Å². The molecule has 3 nitrogen and oxygen atoms in total. The Morgan fingerprint density at radius 2 is 2.00 bits per heavy atom. The lowest BCUT2D eigenvalue weighted by Gasteiger charge is -2.24. The largest absolute Gasteiger partial charge is 0.377 e. The van der Waals surface area contributed by atoms with Crippen molar-refractivity contribution in [2.75, 3.05) is 13.2 Å². The number of nitrogens with one attached hydrogen (secondary N) is 1. The van der Waals surface area contributed by atoms with E-state index < -0.39 is 10.8 Å². The first-order valence-electron chi connectivity index (χ1n) is 6.89. The average Bonchev–Trinajstić information content (AvgIpc) is 2.87. The van der Waals surface area contributed by atoms with Crippen molar-refractivity contribution in [1.82, 2.24) is 5.32 Å². The molecule has 1 aliphatic heterocycles. The predicted octanol–water partition coefficient (Wildman–Crippen LogP) is 1.69. The molecule has 6 unspecified atom stereocenters. The van der Waals surface area contributed by atoms with E-state index in [1.165, 1.54) is 6.42 Å². The Balaban J connectivity index is 1.96. The molecule has 2 rings (SSSR count). The van der Waals surface area contributed by atoms with Crippen LogP contribution in [0.15, 0.2) is 0 Å². The van der Waals surface area contributed by atoms with E-state index >= 15 is 0 Å². The van der Waals surface area contributed by atoms with E-state index in [2.05, 4.69) is 26.1 Å². The maximum atomic E-state index is 12.6. The lowest BCUT2D eigenvalue weighted by molar-refractivity contribution is 0.126. The Morgan fingerprint density at radius 3 is 2.59 bits per heavy atom. The zero-order chi connectivity index (χ0) is 12.4. The third-order valence-corrected chi connectivity index (χ3v) is 6.83. The van der Waals surface area contributed by atoms with Crippen molar-refractivity contribution < 1.29 is 8.95 Å². The van der Waals surface area contributed by atoms with Crippen molar-refractivity contribution in [3.05, 3.63) is 0 Å². The minimum absolute atomic E-state index is 0.182. The molecule has 2 fully saturated rings. The van der Waals surface area contributed by atoms with E-state index in [1.54, 1.807) is 0 Å². The van der Waals surface area contributed by atoms with Gasteiger partial charge in [0.2, 0.25) is 0 Å². The van der Waals surface area contributed by atoms with Crippen molar-refractivity contribution in [2.24, 2.45) is 5.92 Å². The summed E-state index contributed by atoms with van der Waals surface area (Å²) < 4.78 is 18.2. The van der Waals surface area contributed by atoms with E-state index in [1.807, 2.05) is 0 Å². The summed E-state index contributed by atoms with van der Waals surface area (Å²) in [5.74, 6) is 0.531. The summed E-state index contributed by atoms with van der Waals surface area (Å²) in [7, 11) is -0.720. The van der Waals surface area contributed by atoms with E-state index in [0.29, 0.717) is 17.2 Å². The van der Waals surface area contributed by atoms with Gasteiger partial charge in [0.25, 0.3) is 0 Å². The summed E-state index contributed by atoms with van der Waals surface area (Å²) >= 11 is 0. The molecule has 0 aromatic heterocycles. The average molecular weight is 259 g/mol. The third-order valence-electron chi connectivity index (χ3n) is 4.35. The molecular formula is C13H25NO2S. The van der Waals surface area contributed by atoms with Crippen LogP contribution in [0, 0.1) is 5.92 Å². The molecule has 1 saturated heterocycles. The van der Waals surface area contributed by atoms with Gasteiger partial charge in [-0.05, 0) is 38.6 Å². The summed E-state index contributed by atoms with van der Waals surface area (Å²) in [6.45, 7) is 8.26. The van der Waals surface area contributed by atoms with Gasteiger partial charge in [0.1, 0.15) is 0 Å². The minimum atomic E-state index is -0.720. The maximum absolute atomic E-state index is 12.6. The SMILES string of the molecule is CCNC1CCC(S(=O)C2CCOC2C)C1C. The Hall–Kier alpha value is 0.0700. The fourth-order valence-corrected chi connectivity index (χ4v) is 5.46. The van der Waals surface area contributed by atoms with Crippen LogP contribution in [-0.4, -0.2) is 40.0 Å². The minimum Gasteiger partial charge on any atom is -0.377 e. The molecule has 1 aliphatic carbocycles. The van der Waals surface area contributed by atoms with Gasteiger partial charge in [0.15, 0.2) is 0 Å². The van der Waals surface area contributed by atoms with Gasteiger partial charge in [0, 0.05) is 28.7 Å². The normalized spacial score (nSPS) is 44.1. The van der Waals surface area contributed by atoms with Crippen LogP contribution in [0.4, 0.5) is 0 Å². The summed E-state index contributed by atoms with van der Waals surface area (Å²) in [5.41, 5.74) is 0. The molecule has 0 aromatic carbocycles. The number of ether oxygens (including phenoxy) is 1. The fourth-order valence-electron chi connectivity index (χ4n) is 3.25. The molecule has 1 heterocycles. The van der Waals surface area contributed by atoms with Crippen LogP contribution in [0.1, 0.15) is 40.0 Å². The smallest absolute Gasteiger partial charge is 0.0691 e. The Bertz CT molecular complexity index is 285. The zero-order valence-electron chi connectivity index (χ0n) is 11.1. The summed E-state index contributed by atoms with van der Waals surface area (Å²) in [5, 5.41) is 4.15. The number of rotatable bonds is 4. The van der Waals surface area contributed by atoms with Crippen LogP contribution >= 0.6 is 0 Å². The van der Waals surface area contributed by atoms with Crippen molar-refractivity contribution in [3.63, 3.8) is 0 Å². The monoisotopic (exact) mass is 259 g/mol. The van der Waals surface area contributed by atoms with Gasteiger partial charge >= 0.3 is 0 Å². The first-order valence-corrected chi connectivity index (χ1v) is 8.17. The van der Waals surface area contributed by atoms with Gasteiger partial charge in [-0.15, -0.1) is 0 Å². The van der Waals surface area contributed by atoms with Crippen molar-refractivity contribution in [3.8, 4) is 0 Å². The summed E-state index contributed by atoms with van der Waals surface area (Å²) in [4.78, 5) is 0. The molecule has 0 amide bonds. The van der Waals surface area contributed by atoms with E-state index in [4.69, 9.17) is 4.74 Å². The van der Waals surface area contributed by atoms with Crippen LogP contribution in [-0.2, 0) is 15.5 Å². The van der Waals surface area contributed by atoms with Gasteiger partial charge in [-0.2, -0.15) is 0 Å². The first kappa shape index (κ1) is 13.5.